The summed E-state index contributed by atoms with van der Waals surface area (Å²) in [5.41, 5.74) is 1.63. The SMILES string of the molecule is O=[N+]([O-])c1ccccc1S(=O)(=O)N1CCC(Cn2cnc3ccccc32)CC1. The van der Waals surface area contributed by atoms with Crippen LogP contribution in [0.15, 0.2) is 59.8 Å². The molecule has 0 bridgehead atoms. The molecule has 8 nitrogen and oxygen atoms in total. The van der Waals surface area contributed by atoms with Gasteiger partial charge in [0.05, 0.1) is 22.3 Å². The lowest BCUT2D eigenvalue weighted by Crippen LogP contribution is -2.39. The predicted molar refractivity (Wildman–Crippen MR) is 104 cm³/mol. The Balaban J connectivity index is 1.47. The van der Waals surface area contributed by atoms with Gasteiger partial charge in [-0.1, -0.05) is 24.3 Å². The highest BCUT2D eigenvalue weighted by atomic mass is 32.2. The maximum atomic E-state index is 12.9. The second-order valence-electron chi connectivity index (χ2n) is 6.96. The first-order valence-corrected chi connectivity index (χ1v) is 10.5. The summed E-state index contributed by atoms with van der Waals surface area (Å²) in [6.07, 6.45) is 3.22. The zero-order chi connectivity index (χ0) is 19.7. The average Bonchev–Trinajstić information content (AvgIpc) is 3.11. The van der Waals surface area contributed by atoms with Crippen LogP contribution in [0.5, 0.6) is 0 Å². The second-order valence-corrected chi connectivity index (χ2v) is 8.86. The van der Waals surface area contributed by atoms with Gasteiger partial charge in [-0.2, -0.15) is 4.31 Å². The first-order valence-electron chi connectivity index (χ1n) is 9.10. The van der Waals surface area contributed by atoms with Crippen molar-refractivity contribution in [3.63, 3.8) is 0 Å². The molecule has 1 aliphatic heterocycles. The number of hydrogen-bond acceptors (Lipinski definition) is 5. The molecule has 1 aliphatic rings. The highest BCUT2D eigenvalue weighted by Gasteiger charge is 2.34. The number of nitro benzene ring substituents is 1. The lowest BCUT2D eigenvalue weighted by Gasteiger charge is -2.31. The van der Waals surface area contributed by atoms with Gasteiger partial charge >= 0.3 is 0 Å². The van der Waals surface area contributed by atoms with E-state index in [1.165, 1.54) is 28.6 Å². The normalized spacial score (nSPS) is 16.4. The van der Waals surface area contributed by atoms with Crippen molar-refractivity contribution in [1.82, 2.24) is 13.9 Å². The van der Waals surface area contributed by atoms with E-state index in [-0.39, 0.29) is 10.6 Å². The van der Waals surface area contributed by atoms with Gasteiger partial charge < -0.3 is 4.57 Å². The Hall–Kier alpha value is -2.78. The number of rotatable bonds is 5. The van der Waals surface area contributed by atoms with E-state index in [4.69, 9.17) is 0 Å². The van der Waals surface area contributed by atoms with Crippen molar-refractivity contribution in [2.75, 3.05) is 13.1 Å². The molecule has 2 aromatic carbocycles. The first kappa shape index (κ1) is 18.6. The summed E-state index contributed by atoms with van der Waals surface area (Å²) in [5.74, 6) is 0.329. The maximum Gasteiger partial charge on any atom is 0.289 e. The van der Waals surface area contributed by atoms with Crippen molar-refractivity contribution in [3.8, 4) is 0 Å². The zero-order valence-electron chi connectivity index (χ0n) is 15.1. The lowest BCUT2D eigenvalue weighted by atomic mass is 9.98. The van der Waals surface area contributed by atoms with E-state index in [1.54, 1.807) is 0 Å². The molecule has 0 atom stereocenters. The Labute approximate surface area is 162 Å². The summed E-state index contributed by atoms with van der Waals surface area (Å²) < 4.78 is 29.3. The fourth-order valence-electron chi connectivity index (χ4n) is 3.73. The number of benzene rings is 2. The first-order chi connectivity index (χ1) is 13.5. The lowest BCUT2D eigenvalue weighted by molar-refractivity contribution is -0.387. The topological polar surface area (TPSA) is 98.3 Å². The number of nitrogens with zero attached hydrogens (tertiary/aromatic N) is 4. The Morgan fingerprint density at radius 3 is 2.50 bits per heavy atom. The molecule has 0 unspecified atom stereocenters. The Morgan fingerprint density at radius 2 is 1.75 bits per heavy atom. The number of nitro groups is 1. The van der Waals surface area contributed by atoms with E-state index in [9.17, 15) is 18.5 Å². The molecule has 0 amide bonds. The van der Waals surface area contributed by atoms with Crippen molar-refractivity contribution in [1.29, 1.82) is 0 Å². The number of imidazole rings is 1. The minimum atomic E-state index is -3.89. The standard InChI is InChI=1S/C19H20N4O4S/c24-23(25)18-7-3-4-8-19(18)28(26,27)22-11-9-15(10-12-22)13-21-14-20-16-5-1-2-6-17(16)21/h1-8,14-15H,9-13H2. The monoisotopic (exact) mass is 400 g/mol. The molecule has 9 heteroatoms. The van der Waals surface area contributed by atoms with Crippen LogP contribution in [0.3, 0.4) is 0 Å². The van der Waals surface area contributed by atoms with Gasteiger partial charge in [0.2, 0.25) is 10.0 Å². The van der Waals surface area contributed by atoms with Crippen LogP contribution in [-0.2, 0) is 16.6 Å². The molecule has 0 N–H and O–H groups in total. The number of aromatic nitrogens is 2. The molecular weight excluding hydrogens is 380 g/mol. The fraction of sp³-hybridized carbons (Fsp3) is 0.316. The van der Waals surface area contributed by atoms with Crippen LogP contribution in [0.2, 0.25) is 0 Å². The Bertz CT molecular complexity index is 1120. The van der Waals surface area contributed by atoms with Crippen molar-refractivity contribution in [2.24, 2.45) is 5.92 Å². The number of sulfonamides is 1. The van der Waals surface area contributed by atoms with Gasteiger partial charge in [-0.3, -0.25) is 10.1 Å². The van der Waals surface area contributed by atoms with E-state index in [1.807, 2.05) is 30.6 Å². The summed E-state index contributed by atoms with van der Waals surface area (Å²) >= 11 is 0. The smallest absolute Gasteiger partial charge is 0.289 e. The molecule has 2 heterocycles. The molecular formula is C19H20N4O4S. The molecule has 4 rings (SSSR count). The summed E-state index contributed by atoms with van der Waals surface area (Å²) in [6, 6.07) is 13.4. The van der Waals surface area contributed by atoms with Crippen LogP contribution in [0.1, 0.15) is 12.8 Å². The molecule has 1 saturated heterocycles. The minimum Gasteiger partial charge on any atom is -0.330 e. The van der Waals surface area contributed by atoms with Gasteiger partial charge in [-0.05, 0) is 37.0 Å². The number of piperidine rings is 1. The van der Waals surface area contributed by atoms with Crippen molar-refractivity contribution < 1.29 is 13.3 Å². The van der Waals surface area contributed by atoms with E-state index in [0.717, 1.165) is 17.6 Å². The summed E-state index contributed by atoms with van der Waals surface area (Å²) in [6.45, 7) is 1.48. The highest BCUT2D eigenvalue weighted by molar-refractivity contribution is 7.89. The summed E-state index contributed by atoms with van der Waals surface area (Å²) in [7, 11) is -3.89. The average molecular weight is 400 g/mol. The van der Waals surface area contributed by atoms with Gasteiger partial charge in [-0.15, -0.1) is 0 Å². The second kappa shape index (κ2) is 7.33. The van der Waals surface area contributed by atoms with E-state index >= 15 is 0 Å². The fourth-order valence-corrected chi connectivity index (χ4v) is 5.36. The molecule has 0 aliphatic carbocycles. The minimum absolute atomic E-state index is 0.237. The molecule has 0 radical (unpaired) electrons. The van der Waals surface area contributed by atoms with Crippen LogP contribution in [-0.4, -0.2) is 40.3 Å². The summed E-state index contributed by atoms with van der Waals surface area (Å²) in [5, 5.41) is 11.2. The van der Waals surface area contributed by atoms with Crippen LogP contribution < -0.4 is 0 Å². The van der Waals surface area contributed by atoms with Gasteiger partial charge in [0.25, 0.3) is 5.69 Å². The third-order valence-electron chi connectivity index (χ3n) is 5.24. The number of fused-ring (bicyclic) bond motifs is 1. The van der Waals surface area contributed by atoms with Crippen LogP contribution in [0.4, 0.5) is 5.69 Å². The predicted octanol–water partition coefficient (Wildman–Crippen LogP) is 3.05. The molecule has 28 heavy (non-hydrogen) atoms. The van der Waals surface area contributed by atoms with Crippen molar-refractivity contribution in [2.45, 2.75) is 24.3 Å². The molecule has 0 spiro atoms. The number of para-hydroxylation sites is 3. The van der Waals surface area contributed by atoms with E-state index in [0.29, 0.717) is 31.8 Å². The quantitative estimate of drug-likeness (QED) is 0.484. The van der Waals surface area contributed by atoms with Crippen LogP contribution in [0.25, 0.3) is 11.0 Å². The zero-order valence-corrected chi connectivity index (χ0v) is 16.0. The van der Waals surface area contributed by atoms with Gasteiger partial charge in [0, 0.05) is 25.7 Å². The van der Waals surface area contributed by atoms with Crippen molar-refractivity contribution >= 4 is 26.7 Å². The van der Waals surface area contributed by atoms with Gasteiger partial charge in [0.15, 0.2) is 4.90 Å². The van der Waals surface area contributed by atoms with Gasteiger partial charge in [0.1, 0.15) is 0 Å². The Morgan fingerprint density at radius 1 is 1.07 bits per heavy atom. The van der Waals surface area contributed by atoms with Crippen LogP contribution in [0, 0.1) is 16.0 Å². The van der Waals surface area contributed by atoms with Crippen molar-refractivity contribution in [3.05, 3.63) is 65.0 Å². The van der Waals surface area contributed by atoms with Crippen LogP contribution >= 0.6 is 0 Å². The molecule has 1 aromatic heterocycles. The third-order valence-corrected chi connectivity index (χ3v) is 7.18. The molecule has 0 saturated carbocycles. The number of hydrogen-bond donors (Lipinski definition) is 0. The van der Waals surface area contributed by atoms with Gasteiger partial charge in [-0.25, -0.2) is 13.4 Å². The Kier molecular flexibility index (Phi) is 4.86. The van der Waals surface area contributed by atoms with E-state index in [2.05, 4.69) is 9.55 Å². The molecule has 3 aromatic rings. The largest absolute Gasteiger partial charge is 0.330 e. The highest BCUT2D eigenvalue weighted by Crippen LogP contribution is 2.30. The maximum absolute atomic E-state index is 12.9. The molecule has 146 valence electrons. The molecule has 1 fully saturated rings. The third kappa shape index (κ3) is 3.38. The van der Waals surface area contributed by atoms with E-state index < -0.39 is 14.9 Å². The summed E-state index contributed by atoms with van der Waals surface area (Å²) in [4.78, 5) is 14.7.